The largest absolute Gasteiger partial charge is 0.494 e. The lowest BCUT2D eigenvalue weighted by molar-refractivity contribution is -0.130. The average molecular weight is 625 g/mol. The van der Waals surface area contributed by atoms with E-state index in [1.54, 1.807) is 48.5 Å². The minimum absolute atomic E-state index is 0.0401. The van der Waals surface area contributed by atoms with Crippen molar-refractivity contribution in [1.29, 1.82) is 0 Å². The highest BCUT2D eigenvalue weighted by atomic mass is 16.5. The first-order chi connectivity index (χ1) is 22.5. The van der Waals surface area contributed by atoms with E-state index in [4.69, 9.17) is 19.6 Å². The molecule has 2 aliphatic rings. The van der Waals surface area contributed by atoms with E-state index in [9.17, 15) is 15.4 Å². The van der Waals surface area contributed by atoms with Crippen LogP contribution in [0.5, 0.6) is 5.75 Å². The molecule has 1 aliphatic carbocycles. The van der Waals surface area contributed by atoms with Crippen LogP contribution in [0.15, 0.2) is 95.0 Å². The molecule has 3 aromatic rings. The summed E-state index contributed by atoms with van der Waals surface area (Å²) in [6.07, 6.45) is 7.81. The van der Waals surface area contributed by atoms with Gasteiger partial charge in [0.15, 0.2) is 11.6 Å². The summed E-state index contributed by atoms with van der Waals surface area (Å²) in [7, 11) is 0. The number of rotatable bonds is 14. The number of azide groups is 1. The van der Waals surface area contributed by atoms with Crippen LogP contribution < -0.4 is 15.6 Å². The van der Waals surface area contributed by atoms with Crippen molar-refractivity contribution in [3.63, 3.8) is 0 Å². The molecule has 4 N–H and O–H groups in total. The molecule has 1 amide bonds. The van der Waals surface area contributed by atoms with E-state index in [2.05, 4.69) is 20.9 Å². The number of nitrogens with zero attached hydrogens (tertiary/aromatic N) is 4. The van der Waals surface area contributed by atoms with Crippen molar-refractivity contribution in [2.45, 2.75) is 62.2 Å². The Morgan fingerprint density at radius 3 is 2.54 bits per heavy atom. The second kappa shape index (κ2) is 15.6. The summed E-state index contributed by atoms with van der Waals surface area (Å²) < 4.78 is 12.2. The smallest absolute Gasteiger partial charge is 0.266 e. The Labute approximate surface area is 268 Å². The maximum atomic E-state index is 14.4. The van der Waals surface area contributed by atoms with E-state index in [-0.39, 0.29) is 25.5 Å². The first-order valence-electron chi connectivity index (χ1n) is 15.7. The molecular weight excluding hydrogens is 584 g/mol. The van der Waals surface area contributed by atoms with Gasteiger partial charge >= 0.3 is 0 Å². The normalized spacial score (nSPS) is 20.4. The molecule has 0 aromatic heterocycles. The number of benzene rings is 3. The third kappa shape index (κ3) is 7.94. The second-order valence-corrected chi connectivity index (χ2v) is 11.6. The molecule has 5 rings (SSSR count). The van der Waals surface area contributed by atoms with Crippen LogP contribution in [0.1, 0.15) is 67.7 Å². The first kappa shape index (κ1) is 32.7. The zero-order valence-corrected chi connectivity index (χ0v) is 25.7. The van der Waals surface area contributed by atoms with Crippen molar-refractivity contribution >= 4 is 23.6 Å². The highest BCUT2D eigenvalue weighted by Crippen LogP contribution is 2.45. The summed E-state index contributed by atoms with van der Waals surface area (Å²) in [6, 6.07) is 23.9. The van der Waals surface area contributed by atoms with E-state index in [1.165, 1.54) is 0 Å². The maximum absolute atomic E-state index is 14.4. The monoisotopic (exact) mass is 624 g/mol. The van der Waals surface area contributed by atoms with Crippen LogP contribution in [0.2, 0.25) is 0 Å². The number of hydrazine groups is 1. The summed E-state index contributed by atoms with van der Waals surface area (Å²) in [4.78, 5) is 22.4. The predicted octanol–water partition coefficient (Wildman–Crippen LogP) is 6.07. The molecule has 0 unspecified atom stereocenters. The fraction of sp³-hybridized carbons (Fsp3) is 0.371. The first-order valence-corrected chi connectivity index (χ1v) is 15.7. The number of aliphatic imine (C=N–C) groups is 1. The number of nitrogens with one attached hydrogen (secondary N) is 2. The topological polar surface area (TPSA) is 161 Å². The van der Waals surface area contributed by atoms with Gasteiger partial charge in [-0.2, -0.15) is 0 Å². The molecule has 0 spiro atoms. The number of amides is 1. The summed E-state index contributed by atoms with van der Waals surface area (Å²) in [5.74, 6) is 0.418. The third-order valence-corrected chi connectivity index (χ3v) is 8.34. The molecule has 240 valence electrons. The van der Waals surface area contributed by atoms with Crippen molar-refractivity contribution in [1.82, 2.24) is 10.9 Å². The van der Waals surface area contributed by atoms with Crippen LogP contribution >= 0.6 is 0 Å². The number of carbonyl (C=O) groups is 1. The lowest BCUT2D eigenvalue weighted by atomic mass is 9.83. The zero-order valence-electron chi connectivity index (χ0n) is 25.7. The molecule has 46 heavy (non-hydrogen) atoms. The van der Waals surface area contributed by atoms with Crippen LogP contribution in [0.4, 0.5) is 5.69 Å². The van der Waals surface area contributed by atoms with E-state index in [1.807, 2.05) is 42.5 Å². The van der Waals surface area contributed by atoms with Crippen LogP contribution in [0, 0.1) is 0 Å². The Kier molecular flexibility index (Phi) is 11.1. The fourth-order valence-corrected chi connectivity index (χ4v) is 5.86. The van der Waals surface area contributed by atoms with Crippen molar-refractivity contribution in [2.24, 2.45) is 10.1 Å². The summed E-state index contributed by atoms with van der Waals surface area (Å²) in [5.41, 5.74) is 15.2. The maximum Gasteiger partial charge on any atom is 0.266 e. The lowest BCUT2D eigenvalue weighted by Gasteiger charge is -2.34. The van der Waals surface area contributed by atoms with E-state index >= 15 is 0 Å². The molecular formula is C35H40N6O5. The van der Waals surface area contributed by atoms with Gasteiger partial charge in [-0.1, -0.05) is 91.1 Å². The van der Waals surface area contributed by atoms with Crippen molar-refractivity contribution in [3.05, 3.63) is 112 Å². The lowest BCUT2D eigenvalue weighted by Crippen LogP contribution is -2.55. The molecule has 1 aliphatic heterocycles. The van der Waals surface area contributed by atoms with Crippen molar-refractivity contribution in [3.8, 4) is 5.75 Å². The van der Waals surface area contributed by atoms with E-state index < -0.39 is 23.2 Å². The Hall–Kier alpha value is -4.67. The minimum Gasteiger partial charge on any atom is -0.494 e. The van der Waals surface area contributed by atoms with Gasteiger partial charge in [0.2, 0.25) is 5.90 Å². The van der Waals surface area contributed by atoms with Gasteiger partial charge < -0.3 is 19.7 Å². The standard InChI is InChI=1S/C35H40N6O5/c36-41-39-30-15-6-5-14-29(30)31-35(22-9-13-26-11-3-1-4-12-26,33(43)40-37-25-34(44)20-7-2-8-21-34)38-32(46-31)27-16-18-28(19-17-27)45-24-10-23-42/h1,3-6,9,11-19,31,37,42,44H,2,7-8,10,20-25H2,(H,40,43)/b13-9+/t31-,35-/m0/s1. The van der Waals surface area contributed by atoms with Gasteiger partial charge in [0.1, 0.15) is 5.75 Å². The number of carbonyl (C=O) groups excluding carboxylic acids is 1. The SMILES string of the molecule is [N-]=[N+]=Nc1ccccc1[C@@H]1OC(c2ccc(OCCCO)cc2)=N[C@]1(C/C=C/c1ccccc1)C(=O)NNCC1(O)CCCCC1. The Morgan fingerprint density at radius 1 is 1.07 bits per heavy atom. The van der Waals surface area contributed by atoms with Gasteiger partial charge in [-0.3, -0.25) is 10.2 Å². The molecule has 11 nitrogen and oxygen atoms in total. The third-order valence-electron chi connectivity index (χ3n) is 8.34. The van der Waals surface area contributed by atoms with E-state index in [0.29, 0.717) is 48.4 Å². The molecule has 0 bridgehead atoms. The predicted molar refractivity (Wildman–Crippen MR) is 176 cm³/mol. The highest BCUT2D eigenvalue weighted by Gasteiger charge is 2.53. The summed E-state index contributed by atoms with van der Waals surface area (Å²) >= 11 is 0. The molecule has 2 atom stereocenters. The Bertz CT molecular complexity index is 1570. The molecule has 3 aromatic carbocycles. The number of aliphatic hydroxyl groups excluding tert-OH is 1. The average Bonchev–Trinajstić information content (AvgIpc) is 3.47. The summed E-state index contributed by atoms with van der Waals surface area (Å²) in [6.45, 7) is 0.618. The van der Waals surface area contributed by atoms with Crippen LogP contribution in [-0.2, 0) is 9.53 Å². The van der Waals surface area contributed by atoms with Gasteiger partial charge in [-0.05, 0) is 48.2 Å². The zero-order chi connectivity index (χ0) is 32.2. The summed E-state index contributed by atoms with van der Waals surface area (Å²) in [5, 5.41) is 24.0. The quantitative estimate of drug-likeness (QED) is 0.0560. The Balaban J connectivity index is 1.52. The van der Waals surface area contributed by atoms with Gasteiger partial charge in [0, 0.05) is 47.7 Å². The van der Waals surface area contributed by atoms with Gasteiger partial charge in [-0.15, -0.1) is 0 Å². The fourth-order valence-electron chi connectivity index (χ4n) is 5.86. The number of hydrogen-bond acceptors (Lipinski definition) is 8. The Morgan fingerprint density at radius 2 is 1.80 bits per heavy atom. The van der Waals surface area contributed by atoms with Crippen molar-refractivity contribution in [2.75, 3.05) is 19.8 Å². The number of ether oxygens (including phenoxy) is 2. The number of hydrogen-bond donors (Lipinski definition) is 4. The molecule has 11 heteroatoms. The van der Waals surface area contributed by atoms with Gasteiger partial charge in [-0.25, -0.2) is 10.4 Å². The molecule has 0 saturated heterocycles. The van der Waals surface area contributed by atoms with Crippen LogP contribution in [-0.4, -0.2) is 52.9 Å². The van der Waals surface area contributed by atoms with Crippen LogP contribution in [0.25, 0.3) is 16.5 Å². The minimum atomic E-state index is -1.51. The van der Waals surface area contributed by atoms with Gasteiger partial charge in [0.25, 0.3) is 5.91 Å². The number of aliphatic hydroxyl groups is 2. The van der Waals surface area contributed by atoms with Crippen molar-refractivity contribution < 1.29 is 24.5 Å². The van der Waals surface area contributed by atoms with Crippen LogP contribution in [0.3, 0.4) is 0 Å². The van der Waals surface area contributed by atoms with Gasteiger partial charge in [0.05, 0.1) is 12.2 Å². The molecule has 1 saturated carbocycles. The van der Waals surface area contributed by atoms with E-state index in [0.717, 1.165) is 24.8 Å². The molecule has 1 heterocycles. The molecule has 0 radical (unpaired) electrons. The molecule has 1 fully saturated rings. The second-order valence-electron chi connectivity index (χ2n) is 11.6. The highest BCUT2D eigenvalue weighted by molar-refractivity contribution is 6.01.